The number of carbonyl (C=O) groups excluding carboxylic acids is 1. The van der Waals surface area contributed by atoms with E-state index in [9.17, 15) is 4.79 Å². The molecule has 0 spiro atoms. The Morgan fingerprint density at radius 2 is 2.04 bits per heavy atom. The number of thiazole rings is 1. The Labute approximate surface area is 166 Å². The van der Waals surface area contributed by atoms with Gasteiger partial charge in [0.25, 0.3) is 5.91 Å². The third kappa shape index (κ3) is 3.89. The first-order chi connectivity index (χ1) is 13.6. The molecule has 1 N–H and O–H groups in total. The van der Waals surface area contributed by atoms with Crippen molar-refractivity contribution in [2.24, 2.45) is 7.05 Å². The van der Waals surface area contributed by atoms with Crippen molar-refractivity contribution in [3.8, 4) is 5.75 Å². The molecule has 0 aliphatic heterocycles. The number of carbonyl (C=O) groups is 1. The highest BCUT2D eigenvalue weighted by molar-refractivity contribution is 7.09. The van der Waals surface area contributed by atoms with Crippen molar-refractivity contribution in [2.75, 3.05) is 0 Å². The van der Waals surface area contributed by atoms with E-state index in [1.807, 2.05) is 60.3 Å². The summed E-state index contributed by atoms with van der Waals surface area (Å²) in [4.78, 5) is 21.5. The number of benzene rings is 2. The van der Waals surface area contributed by atoms with Crippen molar-refractivity contribution in [3.05, 3.63) is 76.0 Å². The molecule has 0 radical (unpaired) electrons. The van der Waals surface area contributed by atoms with Crippen molar-refractivity contribution in [3.63, 3.8) is 0 Å². The summed E-state index contributed by atoms with van der Waals surface area (Å²) in [7, 11) is 1.95. The van der Waals surface area contributed by atoms with Crippen LogP contribution < -0.4 is 10.1 Å². The number of hydrogen-bond donors (Lipinski definition) is 1. The highest BCUT2D eigenvalue weighted by atomic mass is 32.1. The van der Waals surface area contributed by atoms with E-state index in [4.69, 9.17) is 4.74 Å². The monoisotopic (exact) mass is 392 g/mol. The highest BCUT2D eigenvalue weighted by Crippen LogP contribution is 2.17. The Morgan fingerprint density at radius 1 is 1.18 bits per heavy atom. The molecule has 7 heteroatoms. The van der Waals surface area contributed by atoms with Gasteiger partial charge in [0.15, 0.2) is 0 Å². The summed E-state index contributed by atoms with van der Waals surface area (Å²) < 4.78 is 7.76. The van der Waals surface area contributed by atoms with E-state index in [-0.39, 0.29) is 5.91 Å². The van der Waals surface area contributed by atoms with Gasteiger partial charge < -0.3 is 14.6 Å². The summed E-state index contributed by atoms with van der Waals surface area (Å²) in [6.07, 6.45) is 0. The summed E-state index contributed by atoms with van der Waals surface area (Å²) in [6, 6.07) is 15.1. The molecule has 0 bridgehead atoms. The number of imidazole rings is 1. The molecule has 142 valence electrons. The van der Waals surface area contributed by atoms with E-state index in [1.54, 1.807) is 23.5 Å². The van der Waals surface area contributed by atoms with Crippen LogP contribution in [-0.2, 0) is 20.2 Å². The Balaban J connectivity index is 1.40. The third-order valence-corrected chi connectivity index (χ3v) is 5.26. The minimum atomic E-state index is -0.165. The van der Waals surface area contributed by atoms with Gasteiger partial charge in [-0.25, -0.2) is 9.97 Å². The predicted octanol–water partition coefficient (Wildman–Crippen LogP) is 3.85. The standard InChI is InChI=1S/C21H20N4O2S/c1-14-23-16(13-28-14)12-27-17-7-5-6-15(10-17)21(26)22-11-20-24-18-8-3-4-9-19(18)25(20)2/h3-10,13H,11-12H2,1-2H3,(H,22,26). The number of amides is 1. The fourth-order valence-electron chi connectivity index (χ4n) is 2.97. The van der Waals surface area contributed by atoms with E-state index in [0.29, 0.717) is 24.5 Å². The quantitative estimate of drug-likeness (QED) is 0.541. The Bertz CT molecular complexity index is 1130. The second-order valence-electron chi connectivity index (χ2n) is 6.43. The van der Waals surface area contributed by atoms with Crippen LogP contribution in [0.2, 0.25) is 0 Å². The molecular formula is C21H20N4O2S. The van der Waals surface area contributed by atoms with Crippen LogP contribution in [0.1, 0.15) is 26.9 Å². The smallest absolute Gasteiger partial charge is 0.251 e. The van der Waals surface area contributed by atoms with Crippen LogP contribution in [-0.4, -0.2) is 20.4 Å². The zero-order valence-corrected chi connectivity index (χ0v) is 16.5. The maximum atomic E-state index is 12.6. The lowest BCUT2D eigenvalue weighted by Gasteiger charge is -2.08. The zero-order valence-electron chi connectivity index (χ0n) is 15.7. The lowest BCUT2D eigenvalue weighted by atomic mass is 10.2. The van der Waals surface area contributed by atoms with E-state index < -0.39 is 0 Å². The molecule has 4 aromatic rings. The second-order valence-corrected chi connectivity index (χ2v) is 7.50. The molecule has 6 nitrogen and oxygen atoms in total. The maximum Gasteiger partial charge on any atom is 0.251 e. The van der Waals surface area contributed by atoms with Crippen molar-refractivity contribution in [1.29, 1.82) is 0 Å². The van der Waals surface area contributed by atoms with Crippen molar-refractivity contribution < 1.29 is 9.53 Å². The average molecular weight is 392 g/mol. The molecule has 0 fully saturated rings. The lowest BCUT2D eigenvalue weighted by Crippen LogP contribution is -2.24. The van der Waals surface area contributed by atoms with Crippen LogP contribution in [0.5, 0.6) is 5.75 Å². The molecule has 0 atom stereocenters. The summed E-state index contributed by atoms with van der Waals surface area (Å²) in [6.45, 7) is 2.70. The van der Waals surface area contributed by atoms with Crippen LogP contribution in [0.25, 0.3) is 11.0 Å². The minimum absolute atomic E-state index is 0.165. The van der Waals surface area contributed by atoms with E-state index >= 15 is 0 Å². The number of rotatable bonds is 6. The molecule has 2 aromatic heterocycles. The predicted molar refractivity (Wildman–Crippen MR) is 110 cm³/mol. The fourth-order valence-corrected chi connectivity index (χ4v) is 3.57. The van der Waals surface area contributed by atoms with Gasteiger partial charge in [-0.05, 0) is 37.3 Å². The Kier molecular flexibility index (Phi) is 5.08. The maximum absolute atomic E-state index is 12.6. The third-order valence-electron chi connectivity index (χ3n) is 4.44. The van der Waals surface area contributed by atoms with Gasteiger partial charge in [0.05, 0.1) is 28.3 Å². The first-order valence-electron chi connectivity index (χ1n) is 8.92. The second kappa shape index (κ2) is 7.82. The first kappa shape index (κ1) is 18.2. The van der Waals surface area contributed by atoms with Gasteiger partial charge in [0, 0.05) is 18.0 Å². The van der Waals surface area contributed by atoms with Crippen molar-refractivity contribution in [1.82, 2.24) is 19.9 Å². The van der Waals surface area contributed by atoms with Crippen LogP contribution >= 0.6 is 11.3 Å². The molecule has 28 heavy (non-hydrogen) atoms. The average Bonchev–Trinajstić information content (AvgIpc) is 3.28. The van der Waals surface area contributed by atoms with E-state index in [2.05, 4.69) is 15.3 Å². The van der Waals surface area contributed by atoms with Crippen molar-refractivity contribution >= 4 is 28.3 Å². The fraction of sp³-hybridized carbons (Fsp3) is 0.190. The molecule has 0 aliphatic rings. The molecular weight excluding hydrogens is 372 g/mol. The van der Waals surface area contributed by atoms with Gasteiger partial charge in [-0.2, -0.15) is 0 Å². The number of nitrogens with one attached hydrogen (secondary N) is 1. The van der Waals surface area contributed by atoms with Crippen LogP contribution in [0, 0.1) is 6.92 Å². The first-order valence-corrected chi connectivity index (χ1v) is 9.80. The number of aryl methyl sites for hydroxylation is 2. The van der Waals surface area contributed by atoms with Gasteiger partial charge in [0.2, 0.25) is 0 Å². The number of aromatic nitrogens is 3. The number of ether oxygens (including phenoxy) is 1. The summed E-state index contributed by atoms with van der Waals surface area (Å²) in [5.41, 5.74) is 3.39. The molecule has 2 aromatic carbocycles. The van der Waals surface area contributed by atoms with Gasteiger partial charge in [-0.15, -0.1) is 11.3 Å². The topological polar surface area (TPSA) is 69.0 Å². The lowest BCUT2D eigenvalue weighted by molar-refractivity contribution is 0.0949. The van der Waals surface area contributed by atoms with E-state index in [1.165, 1.54) is 0 Å². The molecule has 0 aliphatic carbocycles. The van der Waals surface area contributed by atoms with Gasteiger partial charge in [-0.3, -0.25) is 4.79 Å². The summed E-state index contributed by atoms with van der Waals surface area (Å²) >= 11 is 1.59. The summed E-state index contributed by atoms with van der Waals surface area (Å²) in [5, 5.41) is 5.92. The normalized spacial score (nSPS) is 10.9. The summed E-state index contributed by atoms with van der Waals surface area (Å²) in [5.74, 6) is 1.28. The number of hydrogen-bond acceptors (Lipinski definition) is 5. The van der Waals surface area contributed by atoms with Crippen LogP contribution in [0.15, 0.2) is 53.9 Å². The number of nitrogens with zero attached hydrogens (tertiary/aromatic N) is 3. The van der Waals surface area contributed by atoms with Crippen molar-refractivity contribution in [2.45, 2.75) is 20.1 Å². The SMILES string of the molecule is Cc1nc(COc2cccc(C(=O)NCc3nc4ccccc4n3C)c2)cs1. The molecule has 1 amide bonds. The Hall–Kier alpha value is -3.19. The zero-order chi connectivity index (χ0) is 19.5. The van der Waals surface area contributed by atoms with Gasteiger partial charge in [-0.1, -0.05) is 18.2 Å². The highest BCUT2D eigenvalue weighted by Gasteiger charge is 2.11. The molecule has 4 rings (SSSR count). The molecule has 0 unspecified atom stereocenters. The largest absolute Gasteiger partial charge is 0.487 e. The molecule has 2 heterocycles. The van der Waals surface area contributed by atoms with Gasteiger partial charge in [0.1, 0.15) is 18.2 Å². The Morgan fingerprint density at radius 3 is 2.82 bits per heavy atom. The molecule has 0 saturated heterocycles. The van der Waals surface area contributed by atoms with Gasteiger partial charge >= 0.3 is 0 Å². The molecule has 0 saturated carbocycles. The van der Waals surface area contributed by atoms with Crippen LogP contribution in [0.4, 0.5) is 0 Å². The number of fused-ring (bicyclic) bond motifs is 1. The number of para-hydroxylation sites is 2. The van der Waals surface area contributed by atoms with E-state index in [0.717, 1.165) is 27.6 Å². The van der Waals surface area contributed by atoms with Crippen LogP contribution in [0.3, 0.4) is 0 Å². The minimum Gasteiger partial charge on any atom is -0.487 e.